The Bertz CT molecular complexity index is 441. The van der Waals surface area contributed by atoms with Gasteiger partial charge in [-0.1, -0.05) is 6.07 Å². The number of hydrogen-bond donors (Lipinski definition) is 0. The van der Waals surface area contributed by atoms with Crippen molar-refractivity contribution in [2.45, 2.75) is 13.0 Å². The first kappa shape index (κ1) is 11.0. The third kappa shape index (κ3) is 2.24. The summed E-state index contributed by atoms with van der Waals surface area (Å²) >= 11 is 0. The van der Waals surface area contributed by atoms with Gasteiger partial charge >= 0.3 is 0 Å². The zero-order valence-electron chi connectivity index (χ0n) is 7.81. The predicted octanol–water partition coefficient (Wildman–Crippen LogP) is 2.13. The lowest BCUT2D eigenvalue weighted by Crippen LogP contribution is -2.01. The van der Waals surface area contributed by atoms with Crippen LogP contribution >= 0.6 is 0 Å². The van der Waals surface area contributed by atoms with E-state index in [0.29, 0.717) is 0 Å². The molecule has 1 atom stereocenters. The van der Waals surface area contributed by atoms with Gasteiger partial charge in [0, 0.05) is 6.07 Å². The van der Waals surface area contributed by atoms with Crippen LogP contribution in [0.1, 0.15) is 18.5 Å². The summed E-state index contributed by atoms with van der Waals surface area (Å²) < 4.78 is 13.3. The molecule has 1 rings (SSSR count). The van der Waals surface area contributed by atoms with Gasteiger partial charge in [0.2, 0.25) is 6.08 Å². The predicted molar refractivity (Wildman–Crippen MR) is 49.6 cm³/mol. The van der Waals surface area contributed by atoms with Gasteiger partial charge in [0.15, 0.2) is 0 Å². The number of aliphatic imine (C=N–C) groups is 1. The molecule has 0 aliphatic rings. The average Bonchev–Trinajstić information content (AvgIpc) is 2.17. The summed E-state index contributed by atoms with van der Waals surface area (Å²) in [6.07, 6.45) is 1.25. The molecular formula is C9H7FN2O3. The van der Waals surface area contributed by atoms with Gasteiger partial charge in [-0.3, -0.25) is 10.1 Å². The molecule has 0 spiro atoms. The molecule has 0 saturated heterocycles. The second-order valence-corrected chi connectivity index (χ2v) is 2.83. The Balaban J connectivity index is 3.36. The summed E-state index contributed by atoms with van der Waals surface area (Å²) in [6.45, 7) is 1.39. The molecule has 0 aliphatic heterocycles. The van der Waals surface area contributed by atoms with Gasteiger partial charge in [-0.2, -0.15) is 4.99 Å². The van der Waals surface area contributed by atoms with Crippen molar-refractivity contribution in [2.24, 2.45) is 4.99 Å². The topological polar surface area (TPSA) is 72.6 Å². The van der Waals surface area contributed by atoms with Crippen LogP contribution in [0.3, 0.4) is 0 Å². The number of nitro groups is 1. The van der Waals surface area contributed by atoms with Crippen molar-refractivity contribution >= 4 is 11.8 Å². The highest BCUT2D eigenvalue weighted by molar-refractivity contribution is 5.45. The molecule has 0 bridgehead atoms. The third-order valence-corrected chi connectivity index (χ3v) is 1.89. The van der Waals surface area contributed by atoms with Crippen LogP contribution in [0.2, 0.25) is 0 Å². The molecule has 0 aromatic heterocycles. The zero-order valence-corrected chi connectivity index (χ0v) is 7.81. The summed E-state index contributed by atoms with van der Waals surface area (Å²) in [5, 5.41) is 10.6. The van der Waals surface area contributed by atoms with Gasteiger partial charge in [-0.15, -0.1) is 0 Å². The van der Waals surface area contributed by atoms with E-state index in [9.17, 15) is 19.3 Å². The van der Waals surface area contributed by atoms with E-state index in [2.05, 4.69) is 4.99 Å². The van der Waals surface area contributed by atoms with Gasteiger partial charge in [0.25, 0.3) is 5.69 Å². The minimum atomic E-state index is -0.913. The van der Waals surface area contributed by atoms with E-state index in [-0.39, 0.29) is 11.3 Å². The fourth-order valence-electron chi connectivity index (χ4n) is 1.24. The number of hydrogen-bond acceptors (Lipinski definition) is 4. The third-order valence-electron chi connectivity index (χ3n) is 1.89. The number of nitrogens with zero attached hydrogens (tertiary/aromatic N) is 2. The molecule has 5 nitrogen and oxygen atoms in total. The maximum atomic E-state index is 13.3. The van der Waals surface area contributed by atoms with E-state index in [1.807, 2.05) is 0 Å². The van der Waals surface area contributed by atoms with E-state index in [4.69, 9.17) is 0 Å². The first-order valence-corrected chi connectivity index (χ1v) is 4.07. The Morgan fingerprint density at radius 3 is 2.80 bits per heavy atom. The van der Waals surface area contributed by atoms with Crippen LogP contribution in [0, 0.1) is 15.9 Å². The zero-order chi connectivity index (χ0) is 11.4. The Morgan fingerprint density at radius 2 is 2.27 bits per heavy atom. The minimum Gasteiger partial charge on any atom is -0.258 e. The molecular weight excluding hydrogens is 203 g/mol. The lowest BCUT2D eigenvalue weighted by atomic mass is 10.1. The molecule has 0 radical (unpaired) electrons. The highest BCUT2D eigenvalue weighted by Gasteiger charge is 2.22. The van der Waals surface area contributed by atoms with Crippen molar-refractivity contribution in [3.8, 4) is 0 Å². The normalized spacial score (nSPS) is 11.6. The van der Waals surface area contributed by atoms with Crippen molar-refractivity contribution in [3.63, 3.8) is 0 Å². The fraction of sp³-hybridized carbons (Fsp3) is 0.222. The molecule has 1 aromatic rings. The highest BCUT2D eigenvalue weighted by atomic mass is 19.1. The number of nitro benzene ring substituents is 1. The summed E-state index contributed by atoms with van der Waals surface area (Å²) in [6, 6.07) is 2.56. The van der Waals surface area contributed by atoms with Crippen molar-refractivity contribution in [1.29, 1.82) is 0 Å². The maximum Gasteiger partial charge on any atom is 0.277 e. The van der Waals surface area contributed by atoms with Crippen molar-refractivity contribution in [3.05, 3.63) is 39.7 Å². The molecule has 1 unspecified atom stereocenters. The Hall–Kier alpha value is -2.07. The molecule has 15 heavy (non-hydrogen) atoms. The van der Waals surface area contributed by atoms with Gasteiger partial charge in [-0.25, -0.2) is 9.18 Å². The summed E-state index contributed by atoms with van der Waals surface area (Å²) in [4.78, 5) is 23.1. The van der Waals surface area contributed by atoms with Crippen LogP contribution < -0.4 is 0 Å². The largest absolute Gasteiger partial charge is 0.277 e. The van der Waals surface area contributed by atoms with E-state index in [0.717, 1.165) is 12.1 Å². The first-order chi connectivity index (χ1) is 7.07. The van der Waals surface area contributed by atoms with Gasteiger partial charge in [0.1, 0.15) is 5.82 Å². The highest BCUT2D eigenvalue weighted by Crippen LogP contribution is 2.29. The molecule has 0 amide bonds. The molecule has 78 valence electrons. The van der Waals surface area contributed by atoms with Crippen LogP contribution in [0.25, 0.3) is 0 Å². The van der Waals surface area contributed by atoms with Crippen LogP contribution in [-0.4, -0.2) is 11.0 Å². The van der Waals surface area contributed by atoms with E-state index in [1.165, 1.54) is 19.1 Å². The maximum absolute atomic E-state index is 13.3. The number of isocyanates is 1. The number of halogens is 1. The average molecular weight is 210 g/mol. The molecule has 0 aliphatic carbocycles. The quantitative estimate of drug-likeness (QED) is 0.332. The molecule has 0 heterocycles. The van der Waals surface area contributed by atoms with Crippen molar-refractivity contribution in [1.82, 2.24) is 0 Å². The Morgan fingerprint density at radius 1 is 1.60 bits per heavy atom. The fourth-order valence-corrected chi connectivity index (χ4v) is 1.24. The smallest absolute Gasteiger partial charge is 0.258 e. The number of benzene rings is 1. The standard InChI is InChI=1S/C9H7FN2O3/c1-6(11-5-13)9-7(10)3-2-4-8(9)12(14)15/h2-4,6H,1H3. The van der Waals surface area contributed by atoms with Crippen LogP contribution in [0.15, 0.2) is 23.2 Å². The minimum absolute atomic E-state index is 0.203. The van der Waals surface area contributed by atoms with Crippen molar-refractivity contribution in [2.75, 3.05) is 0 Å². The molecule has 1 aromatic carbocycles. The monoisotopic (exact) mass is 210 g/mol. The Kier molecular flexibility index (Phi) is 3.25. The summed E-state index contributed by atoms with van der Waals surface area (Å²) in [5.41, 5.74) is -0.590. The SMILES string of the molecule is CC(N=C=O)c1c(F)cccc1[N+](=O)[O-]. The van der Waals surface area contributed by atoms with Crippen LogP contribution in [0.5, 0.6) is 0 Å². The van der Waals surface area contributed by atoms with E-state index >= 15 is 0 Å². The second kappa shape index (κ2) is 4.43. The van der Waals surface area contributed by atoms with Crippen molar-refractivity contribution < 1.29 is 14.1 Å². The lowest BCUT2D eigenvalue weighted by molar-refractivity contribution is -0.385. The van der Waals surface area contributed by atoms with Gasteiger partial charge in [0.05, 0.1) is 16.5 Å². The number of rotatable bonds is 3. The molecule has 0 fully saturated rings. The number of carbonyl (C=O) groups excluding carboxylic acids is 1. The van der Waals surface area contributed by atoms with E-state index < -0.39 is 16.8 Å². The molecule has 6 heteroatoms. The van der Waals surface area contributed by atoms with E-state index in [1.54, 1.807) is 0 Å². The van der Waals surface area contributed by atoms with Gasteiger partial charge in [-0.05, 0) is 13.0 Å². The summed E-state index contributed by atoms with van der Waals surface area (Å²) in [7, 11) is 0. The second-order valence-electron chi connectivity index (χ2n) is 2.83. The van der Waals surface area contributed by atoms with Crippen LogP contribution in [0.4, 0.5) is 10.1 Å². The lowest BCUT2D eigenvalue weighted by Gasteiger charge is -2.06. The molecule has 0 N–H and O–H groups in total. The summed E-state index contributed by atoms with van der Waals surface area (Å²) in [5.74, 6) is -0.754. The molecule has 0 saturated carbocycles. The van der Waals surface area contributed by atoms with Gasteiger partial charge < -0.3 is 0 Å². The Labute approximate surface area is 84.4 Å². The first-order valence-electron chi connectivity index (χ1n) is 4.07. The van der Waals surface area contributed by atoms with Crippen LogP contribution in [-0.2, 0) is 4.79 Å².